The molecule has 2 aliphatic rings. The molecule has 0 atom stereocenters. The minimum atomic E-state index is 0.948. The van der Waals surface area contributed by atoms with Gasteiger partial charge >= 0.3 is 0 Å². The van der Waals surface area contributed by atoms with E-state index < -0.39 is 0 Å². The Morgan fingerprint density at radius 2 is 2.06 bits per heavy atom. The Morgan fingerprint density at radius 1 is 1.24 bits per heavy atom. The second-order valence-electron chi connectivity index (χ2n) is 5.01. The molecule has 2 heterocycles. The van der Waals surface area contributed by atoms with Crippen LogP contribution in [0.1, 0.15) is 23.2 Å². The SMILES string of the molecule is S=c1[nH]c2c(cc1CN1CCNCC1)CCC2. The zero-order valence-electron chi connectivity index (χ0n) is 10.1. The van der Waals surface area contributed by atoms with Crippen molar-refractivity contribution < 1.29 is 0 Å². The van der Waals surface area contributed by atoms with Gasteiger partial charge in [-0.25, -0.2) is 0 Å². The van der Waals surface area contributed by atoms with Crippen molar-refractivity contribution in [2.45, 2.75) is 25.8 Å². The number of fused-ring (bicyclic) bond motifs is 1. The molecule has 0 bridgehead atoms. The molecule has 1 aromatic heterocycles. The average Bonchev–Trinajstić information content (AvgIpc) is 2.78. The fourth-order valence-electron chi connectivity index (χ4n) is 2.79. The van der Waals surface area contributed by atoms with Gasteiger partial charge in [-0.05, 0) is 30.9 Å². The van der Waals surface area contributed by atoms with Crippen LogP contribution in [0, 0.1) is 4.64 Å². The number of nitrogens with zero attached hydrogens (tertiary/aromatic N) is 1. The summed E-state index contributed by atoms with van der Waals surface area (Å²) in [6.07, 6.45) is 3.67. The molecule has 3 nitrogen and oxygen atoms in total. The number of aryl methyl sites for hydroxylation is 2. The van der Waals surface area contributed by atoms with Gasteiger partial charge in [-0.15, -0.1) is 0 Å². The minimum absolute atomic E-state index is 0.948. The number of aromatic nitrogens is 1. The van der Waals surface area contributed by atoms with Gasteiger partial charge in [0.1, 0.15) is 4.64 Å². The molecule has 2 N–H and O–H groups in total. The first-order valence-electron chi connectivity index (χ1n) is 6.50. The zero-order chi connectivity index (χ0) is 11.7. The van der Waals surface area contributed by atoms with Crippen molar-refractivity contribution in [3.63, 3.8) is 0 Å². The summed E-state index contributed by atoms with van der Waals surface area (Å²) in [4.78, 5) is 5.90. The highest BCUT2D eigenvalue weighted by Crippen LogP contribution is 2.22. The zero-order valence-corrected chi connectivity index (χ0v) is 10.9. The molecule has 1 aliphatic heterocycles. The lowest BCUT2D eigenvalue weighted by atomic mass is 10.1. The van der Waals surface area contributed by atoms with E-state index >= 15 is 0 Å². The molecule has 17 heavy (non-hydrogen) atoms. The van der Waals surface area contributed by atoms with Crippen LogP contribution in [0.15, 0.2) is 6.07 Å². The van der Waals surface area contributed by atoms with Crippen LogP contribution >= 0.6 is 12.2 Å². The number of rotatable bonds is 2. The summed E-state index contributed by atoms with van der Waals surface area (Å²) in [5.74, 6) is 0. The Bertz CT molecular complexity index is 460. The van der Waals surface area contributed by atoms with Gasteiger partial charge < -0.3 is 10.3 Å². The molecular formula is C13H19N3S. The van der Waals surface area contributed by atoms with Crippen LogP contribution < -0.4 is 5.32 Å². The highest BCUT2D eigenvalue weighted by molar-refractivity contribution is 7.71. The van der Waals surface area contributed by atoms with Gasteiger partial charge in [0.25, 0.3) is 0 Å². The van der Waals surface area contributed by atoms with Gasteiger partial charge in [-0.2, -0.15) is 0 Å². The fraction of sp³-hybridized carbons (Fsp3) is 0.615. The molecule has 0 aromatic carbocycles. The third-order valence-corrected chi connectivity index (χ3v) is 4.13. The Labute approximate surface area is 107 Å². The number of pyridine rings is 1. The maximum Gasteiger partial charge on any atom is 0.107 e. The molecule has 92 valence electrons. The van der Waals surface area contributed by atoms with Gasteiger partial charge in [-0.3, -0.25) is 4.90 Å². The van der Waals surface area contributed by atoms with Crippen molar-refractivity contribution >= 4 is 12.2 Å². The molecule has 1 aromatic rings. The van der Waals surface area contributed by atoms with Gasteiger partial charge in [0, 0.05) is 44.0 Å². The van der Waals surface area contributed by atoms with Gasteiger partial charge in [0.05, 0.1) is 0 Å². The molecular weight excluding hydrogens is 230 g/mol. The van der Waals surface area contributed by atoms with Crippen molar-refractivity contribution in [2.24, 2.45) is 0 Å². The van der Waals surface area contributed by atoms with Crippen molar-refractivity contribution in [1.82, 2.24) is 15.2 Å². The van der Waals surface area contributed by atoms with Crippen LogP contribution in [-0.4, -0.2) is 36.1 Å². The maximum absolute atomic E-state index is 5.46. The van der Waals surface area contributed by atoms with Crippen LogP contribution in [0.3, 0.4) is 0 Å². The first-order valence-corrected chi connectivity index (χ1v) is 6.91. The third kappa shape index (κ3) is 2.44. The van der Waals surface area contributed by atoms with Gasteiger partial charge in [-0.1, -0.05) is 12.2 Å². The minimum Gasteiger partial charge on any atom is -0.350 e. The quantitative estimate of drug-likeness (QED) is 0.781. The number of piperazine rings is 1. The molecule has 0 amide bonds. The summed E-state index contributed by atoms with van der Waals surface area (Å²) in [5.41, 5.74) is 4.17. The summed E-state index contributed by atoms with van der Waals surface area (Å²) >= 11 is 5.46. The normalized spacial score (nSPS) is 20.5. The fourth-order valence-corrected chi connectivity index (χ4v) is 3.04. The van der Waals surface area contributed by atoms with Gasteiger partial charge in [0.15, 0.2) is 0 Å². The Balaban J connectivity index is 1.80. The average molecular weight is 249 g/mol. The molecule has 0 unspecified atom stereocenters. The molecule has 3 rings (SSSR count). The first-order chi connectivity index (χ1) is 8.33. The van der Waals surface area contributed by atoms with E-state index in [4.69, 9.17) is 12.2 Å². The summed E-state index contributed by atoms with van der Waals surface area (Å²) in [5, 5.41) is 3.38. The van der Waals surface area contributed by atoms with E-state index in [9.17, 15) is 0 Å². The molecule has 0 radical (unpaired) electrons. The van der Waals surface area contributed by atoms with Crippen molar-refractivity contribution in [3.05, 3.63) is 27.5 Å². The van der Waals surface area contributed by atoms with E-state index in [0.717, 1.165) is 37.4 Å². The molecule has 0 spiro atoms. The molecule has 0 saturated carbocycles. The summed E-state index contributed by atoms with van der Waals surface area (Å²) in [7, 11) is 0. The first kappa shape index (κ1) is 11.4. The Hall–Kier alpha value is -0.710. The molecule has 1 aliphatic carbocycles. The summed E-state index contributed by atoms with van der Waals surface area (Å²) in [6.45, 7) is 5.46. The van der Waals surface area contributed by atoms with Crippen LogP contribution in [0.25, 0.3) is 0 Å². The highest BCUT2D eigenvalue weighted by Gasteiger charge is 2.15. The highest BCUT2D eigenvalue weighted by atomic mass is 32.1. The van der Waals surface area contributed by atoms with Gasteiger partial charge in [0.2, 0.25) is 0 Å². The second-order valence-corrected chi connectivity index (χ2v) is 5.42. The third-order valence-electron chi connectivity index (χ3n) is 3.77. The number of H-pyrrole nitrogens is 1. The van der Waals surface area contributed by atoms with Crippen molar-refractivity contribution in [1.29, 1.82) is 0 Å². The monoisotopic (exact) mass is 249 g/mol. The standard InChI is InChI=1S/C13H19N3S/c17-13-11(9-16-6-4-14-5-7-16)8-10-2-1-3-12(10)15-13/h8,14H,1-7,9H2,(H,15,17). The van der Waals surface area contributed by atoms with E-state index in [1.807, 2.05) is 0 Å². The Morgan fingerprint density at radius 3 is 2.88 bits per heavy atom. The molecule has 1 saturated heterocycles. The number of nitrogens with one attached hydrogen (secondary N) is 2. The van der Waals surface area contributed by atoms with E-state index in [2.05, 4.69) is 21.3 Å². The van der Waals surface area contributed by atoms with Crippen LogP contribution in [0.4, 0.5) is 0 Å². The van der Waals surface area contributed by atoms with Crippen LogP contribution in [0.2, 0.25) is 0 Å². The van der Waals surface area contributed by atoms with E-state index in [-0.39, 0.29) is 0 Å². The van der Waals surface area contributed by atoms with E-state index in [0.29, 0.717) is 0 Å². The second kappa shape index (κ2) is 4.88. The summed E-state index contributed by atoms with van der Waals surface area (Å²) < 4.78 is 0.948. The van der Waals surface area contributed by atoms with Crippen LogP contribution in [-0.2, 0) is 19.4 Å². The topological polar surface area (TPSA) is 31.1 Å². The maximum atomic E-state index is 5.46. The predicted molar refractivity (Wildman–Crippen MR) is 71.8 cm³/mol. The van der Waals surface area contributed by atoms with E-state index in [1.165, 1.54) is 36.1 Å². The van der Waals surface area contributed by atoms with Crippen LogP contribution in [0.5, 0.6) is 0 Å². The lowest BCUT2D eigenvalue weighted by Crippen LogP contribution is -2.42. The summed E-state index contributed by atoms with van der Waals surface area (Å²) in [6, 6.07) is 2.34. The van der Waals surface area contributed by atoms with Crippen molar-refractivity contribution in [3.8, 4) is 0 Å². The Kier molecular flexibility index (Phi) is 3.27. The smallest absolute Gasteiger partial charge is 0.107 e. The lowest BCUT2D eigenvalue weighted by Gasteiger charge is -2.27. The molecule has 4 heteroatoms. The predicted octanol–water partition coefficient (Wildman–Crippen LogP) is 1.64. The van der Waals surface area contributed by atoms with Crippen molar-refractivity contribution in [2.75, 3.05) is 26.2 Å². The number of hydrogen-bond acceptors (Lipinski definition) is 3. The number of aromatic amines is 1. The molecule has 1 fully saturated rings. The largest absolute Gasteiger partial charge is 0.350 e. The number of hydrogen-bond donors (Lipinski definition) is 2. The van der Waals surface area contributed by atoms with E-state index in [1.54, 1.807) is 0 Å². The lowest BCUT2D eigenvalue weighted by molar-refractivity contribution is 0.232.